The van der Waals surface area contributed by atoms with E-state index in [-0.39, 0.29) is 11.5 Å². The molecule has 1 saturated heterocycles. The summed E-state index contributed by atoms with van der Waals surface area (Å²) in [5.74, 6) is 0.893. The number of rotatable bonds is 4. The number of methoxy groups -OCH3 is 1. The summed E-state index contributed by atoms with van der Waals surface area (Å²) in [5, 5.41) is 9.07. The lowest BCUT2D eigenvalue weighted by atomic mass is 9.73. The fourth-order valence-electron chi connectivity index (χ4n) is 6.11. The number of carbonyl (C=O) groups is 1. The third-order valence-corrected chi connectivity index (χ3v) is 9.62. The molecule has 1 N–H and O–H groups in total. The topological polar surface area (TPSA) is 107 Å². The third kappa shape index (κ3) is 4.88. The zero-order valence-electron chi connectivity index (χ0n) is 24.1. The maximum Gasteiger partial charge on any atom is 0.408 e. The first-order valence-corrected chi connectivity index (χ1v) is 14.9. The van der Waals surface area contributed by atoms with Crippen molar-refractivity contribution < 1.29 is 14.3 Å². The highest BCUT2D eigenvalue weighted by molar-refractivity contribution is 7.13. The molecule has 1 fully saturated rings. The van der Waals surface area contributed by atoms with Gasteiger partial charge >= 0.3 is 6.09 Å². The van der Waals surface area contributed by atoms with Crippen molar-refractivity contribution in [3.63, 3.8) is 0 Å². The number of ether oxygens (including phenoxy) is 2. The summed E-state index contributed by atoms with van der Waals surface area (Å²) < 4.78 is 13.0. The van der Waals surface area contributed by atoms with Gasteiger partial charge in [0.1, 0.15) is 11.1 Å². The van der Waals surface area contributed by atoms with Gasteiger partial charge in [0.25, 0.3) is 5.19 Å². The van der Waals surface area contributed by atoms with Gasteiger partial charge < -0.3 is 19.7 Å². The molecule has 2 aliphatic rings. The minimum absolute atomic E-state index is 0.165. The minimum atomic E-state index is -0.584. The van der Waals surface area contributed by atoms with Gasteiger partial charge in [0.2, 0.25) is 0 Å². The van der Waals surface area contributed by atoms with Crippen molar-refractivity contribution in [2.75, 3.05) is 25.1 Å². The Morgan fingerprint density at radius 2 is 1.90 bits per heavy atom. The van der Waals surface area contributed by atoms with Gasteiger partial charge in [-0.05, 0) is 66.0 Å². The van der Waals surface area contributed by atoms with Gasteiger partial charge in [0.05, 0.1) is 52.0 Å². The fraction of sp³-hybridized carbons (Fsp3) is 0.483. The summed E-state index contributed by atoms with van der Waals surface area (Å²) in [6, 6.07) is 3.71. The molecule has 4 aromatic heterocycles. The molecule has 0 aromatic carbocycles. The second-order valence-electron chi connectivity index (χ2n) is 11.9. The van der Waals surface area contributed by atoms with Gasteiger partial charge in [-0.25, -0.2) is 19.3 Å². The van der Waals surface area contributed by atoms with Crippen molar-refractivity contribution >= 4 is 40.4 Å². The van der Waals surface area contributed by atoms with Crippen molar-refractivity contribution in [1.82, 2.24) is 29.9 Å². The Labute approximate surface area is 248 Å². The quantitative estimate of drug-likeness (QED) is 0.309. The molecule has 1 atom stereocenters. The first-order chi connectivity index (χ1) is 19.5. The zero-order valence-corrected chi connectivity index (χ0v) is 25.7. The molecule has 0 radical (unpaired) electrons. The van der Waals surface area contributed by atoms with Crippen LogP contribution in [-0.4, -0.2) is 56.5 Å². The number of aromatic nitrogens is 5. The normalized spacial score (nSPS) is 18.1. The van der Waals surface area contributed by atoms with Gasteiger partial charge in [-0.15, -0.1) is 0 Å². The van der Waals surface area contributed by atoms with Crippen LogP contribution < -0.4 is 15.0 Å². The largest absolute Gasteiger partial charge is 0.473 e. The van der Waals surface area contributed by atoms with E-state index in [9.17, 15) is 4.79 Å². The first-order valence-electron chi connectivity index (χ1n) is 13.7. The first kappa shape index (κ1) is 27.7. The van der Waals surface area contributed by atoms with Crippen LogP contribution in [0.25, 0.3) is 16.8 Å². The number of nitrogens with zero attached hydrogens (tertiary/aromatic N) is 6. The molecular weight excluding hydrogens is 562 g/mol. The third-order valence-electron chi connectivity index (χ3n) is 8.02. The van der Waals surface area contributed by atoms with E-state index in [0.29, 0.717) is 10.2 Å². The molecule has 6 rings (SSSR count). The number of piperidine rings is 1. The Morgan fingerprint density at radius 3 is 2.61 bits per heavy atom. The summed E-state index contributed by atoms with van der Waals surface area (Å²) in [6.07, 6.45) is 5.64. The van der Waals surface area contributed by atoms with Crippen molar-refractivity contribution in [3.05, 3.63) is 51.5 Å². The summed E-state index contributed by atoms with van der Waals surface area (Å²) >= 11 is 8.17. The average Bonchev–Trinajstić information content (AvgIpc) is 3.61. The predicted octanol–water partition coefficient (Wildman–Crippen LogP) is 5.94. The number of pyridine rings is 1. The van der Waals surface area contributed by atoms with Gasteiger partial charge in [-0.2, -0.15) is 5.10 Å². The Kier molecular flexibility index (Phi) is 6.85. The number of carbonyl (C=O) groups excluding carboxylic acids is 1. The van der Waals surface area contributed by atoms with E-state index in [1.54, 1.807) is 19.5 Å². The highest BCUT2D eigenvalue weighted by Gasteiger charge is 2.51. The molecule has 4 aromatic rings. The van der Waals surface area contributed by atoms with E-state index in [1.807, 2.05) is 51.3 Å². The number of amides is 1. The number of nitrogens with one attached hydrogen (secondary N) is 1. The second kappa shape index (κ2) is 10.1. The summed E-state index contributed by atoms with van der Waals surface area (Å²) in [7, 11) is 1.62. The van der Waals surface area contributed by atoms with Gasteiger partial charge in [-0.3, -0.25) is 4.98 Å². The Balaban J connectivity index is 1.30. The van der Waals surface area contributed by atoms with Crippen LogP contribution in [0.3, 0.4) is 0 Å². The van der Waals surface area contributed by atoms with Crippen molar-refractivity contribution in [2.24, 2.45) is 5.41 Å². The van der Waals surface area contributed by atoms with Crippen LogP contribution >= 0.6 is 22.9 Å². The van der Waals surface area contributed by atoms with Crippen LogP contribution in [0.5, 0.6) is 5.19 Å². The molecule has 10 nitrogen and oxygen atoms in total. The number of fused-ring (bicyclic) bond motifs is 2. The zero-order chi connectivity index (χ0) is 29.1. The highest BCUT2D eigenvalue weighted by Crippen LogP contribution is 2.55. The molecule has 0 saturated carbocycles. The molecule has 1 aliphatic carbocycles. The summed E-state index contributed by atoms with van der Waals surface area (Å²) in [4.78, 5) is 30.4. The smallest absolute Gasteiger partial charge is 0.408 e. The van der Waals surface area contributed by atoms with Gasteiger partial charge in [0.15, 0.2) is 5.82 Å². The van der Waals surface area contributed by atoms with Crippen LogP contribution in [0.4, 0.5) is 10.6 Å². The molecule has 0 unspecified atom stereocenters. The lowest BCUT2D eigenvalue weighted by Crippen LogP contribution is -2.48. The van der Waals surface area contributed by atoms with Crippen LogP contribution in [-0.2, 0) is 11.2 Å². The molecule has 1 spiro atoms. The lowest BCUT2D eigenvalue weighted by Gasteiger charge is -2.43. The van der Waals surface area contributed by atoms with E-state index in [1.165, 1.54) is 11.3 Å². The fourth-order valence-corrected chi connectivity index (χ4v) is 7.40. The Morgan fingerprint density at radius 1 is 1.15 bits per heavy atom. The average molecular weight is 596 g/mol. The summed E-state index contributed by atoms with van der Waals surface area (Å²) in [5.41, 5.74) is 4.50. The van der Waals surface area contributed by atoms with E-state index in [2.05, 4.69) is 20.3 Å². The SMILES string of the molecule is COc1nc2c(s1)[C@@H](NC(=O)OC(C)(C)C)C1(CCN(c3nc(C)c(-c4ccnc(C)c4Cl)n4nccc34)CC1)C2. The molecule has 41 heavy (non-hydrogen) atoms. The molecule has 1 aliphatic heterocycles. The van der Waals surface area contributed by atoms with Crippen LogP contribution in [0.2, 0.25) is 5.02 Å². The van der Waals surface area contributed by atoms with E-state index < -0.39 is 11.7 Å². The number of hydrogen-bond donors (Lipinski definition) is 1. The maximum atomic E-state index is 12.9. The Bertz CT molecular complexity index is 1640. The maximum absolute atomic E-state index is 12.9. The molecule has 216 valence electrons. The molecule has 5 heterocycles. The minimum Gasteiger partial charge on any atom is -0.473 e. The van der Waals surface area contributed by atoms with Gasteiger partial charge in [0, 0.05) is 30.3 Å². The Hall–Kier alpha value is -3.44. The van der Waals surface area contributed by atoms with Crippen molar-refractivity contribution in [3.8, 4) is 16.5 Å². The lowest BCUT2D eigenvalue weighted by molar-refractivity contribution is 0.0429. The van der Waals surface area contributed by atoms with Crippen LogP contribution in [0.15, 0.2) is 24.5 Å². The highest BCUT2D eigenvalue weighted by atomic mass is 35.5. The van der Waals surface area contributed by atoms with E-state index in [4.69, 9.17) is 31.0 Å². The standard InChI is InChI=1S/C29H34ClN7O3S/c1-16-21(30)18(7-11-31-16)22-17(2)33-25(20-8-12-32-37(20)22)36-13-9-29(10-14-36)15-19-23(41-27(34-19)39-6)24(29)35-26(38)40-28(3,4)5/h7-8,11-12,24H,9-10,13-15H2,1-6H3,(H,35,38)/t24-/m1/s1. The van der Waals surface area contributed by atoms with Crippen molar-refractivity contribution in [1.29, 1.82) is 0 Å². The van der Waals surface area contributed by atoms with Gasteiger partial charge in [-0.1, -0.05) is 22.9 Å². The van der Waals surface area contributed by atoms with Crippen LogP contribution in [0.1, 0.15) is 61.6 Å². The number of halogens is 1. The molecule has 12 heteroatoms. The number of aryl methyl sites for hydroxylation is 2. The predicted molar refractivity (Wildman–Crippen MR) is 159 cm³/mol. The summed E-state index contributed by atoms with van der Waals surface area (Å²) in [6.45, 7) is 11.1. The number of thiazole rings is 1. The number of hydrogen-bond acceptors (Lipinski definition) is 9. The van der Waals surface area contributed by atoms with E-state index >= 15 is 0 Å². The molecule has 0 bridgehead atoms. The molecular formula is C29H34ClN7O3S. The monoisotopic (exact) mass is 595 g/mol. The second-order valence-corrected chi connectivity index (χ2v) is 13.2. The number of alkyl carbamates (subject to hydrolysis) is 1. The van der Waals surface area contributed by atoms with Crippen LogP contribution in [0, 0.1) is 19.3 Å². The van der Waals surface area contributed by atoms with Crippen molar-refractivity contribution in [2.45, 2.75) is 65.5 Å². The number of anilines is 1. The molecule has 1 amide bonds. The van der Waals surface area contributed by atoms with E-state index in [0.717, 1.165) is 76.9 Å².